The van der Waals surface area contributed by atoms with Crippen LogP contribution in [0.5, 0.6) is 0 Å². The highest BCUT2D eigenvalue weighted by atomic mass is 35.5. The van der Waals surface area contributed by atoms with Crippen molar-refractivity contribution >= 4 is 11.6 Å². The van der Waals surface area contributed by atoms with Gasteiger partial charge >= 0.3 is 0 Å². The van der Waals surface area contributed by atoms with Crippen LogP contribution in [-0.4, -0.2) is 9.55 Å². The van der Waals surface area contributed by atoms with Gasteiger partial charge in [0, 0.05) is 30.5 Å². The third-order valence-corrected chi connectivity index (χ3v) is 2.62. The van der Waals surface area contributed by atoms with Crippen molar-refractivity contribution in [3.05, 3.63) is 53.1 Å². The van der Waals surface area contributed by atoms with Gasteiger partial charge in [0.1, 0.15) is 0 Å². The summed E-state index contributed by atoms with van der Waals surface area (Å²) in [6, 6.07) is 5.91. The molecule has 0 unspecified atom stereocenters. The van der Waals surface area contributed by atoms with E-state index in [0.29, 0.717) is 6.54 Å². The molecule has 0 fully saturated rings. The fourth-order valence-corrected chi connectivity index (χ4v) is 1.69. The number of nitrogens with zero attached hydrogens (tertiary/aromatic N) is 2. The Kier molecular flexibility index (Phi) is 3.04. The van der Waals surface area contributed by atoms with Crippen molar-refractivity contribution in [2.75, 3.05) is 0 Å². The molecule has 0 radical (unpaired) electrons. The average molecular weight is 222 g/mol. The average Bonchev–Trinajstić information content (AvgIpc) is 2.74. The van der Waals surface area contributed by atoms with Gasteiger partial charge in [-0.1, -0.05) is 23.7 Å². The lowest BCUT2D eigenvalue weighted by atomic mass is 10.1. The Bertz CT molecular complexity index is 437. The Morgan fingerprint density at radius 2 is 2.27 bits per heavy atom. The molecule has 0 aliphatic heterocycles. The molecule has 0 saturated carbocycles. The topological polar surface area (TPSA) is 43.8 Å². The van der Waals surface area contributed by atoms with Gasteiger partial charge in [0.05, 0.1) is 6.33 Å². The largest absolute Gasteiger partial charge is 0.333 e. The summed E-state index contributed by atoms with van der Waals surface area (Å²) in [5.74, 6) is 0. The van der Waals surface area contributed by atoms with Crippen LogP contribution in [-0.2, 0) is 13.1 Å². The lowest BCUT2D eigenvalue weighted by Gasteiger charge is -2.06. The minimum atomic E-state index is 0.519. The third kappa shape index (κ3) is 2.37. The molecule has 0 aliphatic rings. The Hall–Kier alpha value is -1.32. The van der Waals surface area contributed by atoms with E-state index in [0.717, 1.165) is 22.7 Å². The lowest BCUT2D eigenvalue weighted by molar-refractivity contribution is 0.797. The van der Waals surface area contributed by atoms with Crippen LogP contribution < -0.4 is 5.73 Å². The molecule has 2 aromatic rings. The molecule has 3 nitrogen and oxygen atoms in total. The Labute approximate surface area is 93.5 Å². The van der Waals surface area contributed by atoms with Gasteiger partial charge in [-0.3, -0.25) is 0 Å². The van der Waals surface area contributed by atoms with Gasteiger partial charge in [0.2, 0.25) is 0 Å². The van der Waals surface area contributed by atoms with Crippen molar-refractivity contribution in [2.45, 2.75) is 13.1 Å². The third-order valence-electron chi connectivity index (χ3n) is 2.27. The maximum atomic E-state index is 6.14. The van der Waals surface area contributed by atoms with Crippen molar-refractivity contribution in [1.29, 1.82) is 0 Å². The predicted octanol–water partition coefficient (Wildman–Crippen LogP) is 2.04. The smallest absolute Gasteiger partial charge is 0.0949 e. The Morgan fingerprint density at radius 1 is 1.40 bits per heavy atom. The molecule has 4 heteroatoms. The van der Waals surface area contributed by atoms with Crippen LogP contribution in [0.2, 0.25) is 5.02 Å². The van der Waals surface area contributed by atoms with E-state index < -0.39 is 0 Å². The van der Waals surface area contributed by atoms with Gasteiger partial charge < -0.3 is 10.3 Å². The first-order valence-corrected chi connectivity index (χ1v) is 5.10. The summed E-state index contributed by atoms with van der Waals surface area (Å²) in [6.07, 6.45) is 5.43. The van der Waals surface area contributed by atoms with Crippen LogP contribution >= 0.6 is 11.6 Å². The number of imidazole rings is 1. The van der Waals surface area contributed by atoms with E-state index in [1.54, 1.807) is 12.5 Å². The van der Waals surface area contributed by atoms with Gasteiger partial charge in [-0.2, -0.15) is 0 Å². The van der Waals surface area contributed by atoms with E-state index in [4.69, 9.17) is 17.3 Å². The quantitative estimate of drug-likeness (QED) is 0.862. The van der Waals surface area contributed by atoms with E-state index in [1.807, 2.05) is 29.0 Å². The molecular formula is C11H12ClN3. The van der Waals surface area contributed by atoms with Crippen LogP contribution in [0, 0.1) is 0 Å². The first-order valence-electron chi connectivity index (χ1n) is 4.72. The second-order valence-electron chi connectivity index (χ2n) is 3.36. The minimum Gasteiger partial charge on any atom is -0.333 e. The number of rotatable bonds is 3. The SMILES string of the molecule is NCc1ccc(Cn2ccnc2)c(Cl)c1. The second kappa shape index (κ2) is 4.47. The summed E-state index contributed by atoms with van der Waals surface area (Å²) in [7, 11) is 0. The predicted molar refractivity (Wildman–Crippen MR) is 60.7 cm³/mol. The molecule has 0 spiro atoms. The normalized spacial score (nSPS) is 10.5. The molecular weight excluding hydrogens is 210 g/mol. The monoisotopic (exact) mass is 221 g/mol. The zero-order chi connectivity index (χ0) is 10.7. The molecule has 78 valence electrons. The number of benzene rings is 1. The second-order valence-corrected chi connectivity index (χ2v) is 3.77. The standard InChI is InChI=1S/C11H12ClN3/c12-11-5-9(6-13)1-2-10(11)7-15-4-3-14-8-15/h1-5,8H,6-7,13H2. The van der Waals surface area contributed by atoms with E-state index in [1.165, 1.54) is 0 Å². The van der Waals surface area contributed by atoms with Crippen molar-refractivity contribution in [1.82, 2.24) is 9.55 Å². The van der Waals surface area contributed by atoms with E-state index in [9.17, 15) is 0 Å². The fraction of sp³-hybridized carbons (Fsp3) is 0.182. The zero-order valence-corrected chi connectivity index (χ0v) is 8.98. The van der Waals surface area contributed by atoms with Crippen LogP contribution in [0.15, 0.2) is 36.9 Å². The van der Waals surface area contributed by atoms with Gasteiger partial charge in [0.25, 0.3) is 0 Å². The first-order chi connectivity index (χ1) is 7.29. The zero-order valence-electron chi connectivity index (χ0n) is 8.23. The van der Waals surface area contributed by atoms with Gasteiger partial charge in [-0.05, 0) is 17.2 Å². The summed E-state index contributed by atoms with van der Waals surface area (Å²) in [5, 5.41) is 0.756. The van der Waals surface area contributed by atoms with Gasteiger partial charge in [-0.15, -0.1) is 0 Å². The number of nitrogens with two attached hydrogens (primary N) is 1. The highest BCUT2D eigenvalue weighted by molar-refractivity contribution is 6.31. The van der Waals surface area contributed by atoms with Crippen molar-refractivity contribution in [3.63, 3.8) is 0 Å². The van der Waals surface area contributed by atoms with E-state index in [2.05, 4.69) is 4.98 Å². The van der Waals surface area contributed by atoms with E-state index >= 15 is 0 Å². The lowest BCUT2D eigenvalue weighted by Crippen LogP contribution is -2.00. The highest BCUT2D eigenvalue weighted by Gasteiger charge is 2.01. The molecule has 0 bridgehead atoms. The van der Waals surface area contributed by atoms with E-state index in [-0.39, 0.29) is 0 Å². The van der Waals surface area contributed by atoms with Crippen LogP contribution in [0.25, 0.3) is 0 Å². The molecule has 0 atom stereocenters. The van der Waals surface area contributed by atoms with Crippen molar-refractivity contribution in [3.8, 4) is 0 Å². The molecule has 15 heavy (non-hydrogen) atoms. The number of halogens is 1. The van der Waals surface area contributed by atoms with Gasteiger partial charge in [0.15, 0.2) is 0 Å². The van der Waals surface area contributed by atoms with Crippen LogP contribution in [0.3, 0.4) is 0 Å². The highest BCUT2D eigenvalue weighted by Crippen LogP contribution is 2.18. The van der Waals surface area contributed by atoms with Crippen molar-refractivity contribution in [2.24, 2.45) is 5.73 Å². The summed E-state index contributed by atoms with van der Waals surface area (Å²) in [6.45, 7) is 1.26. The molecule has 1 aromatic carbocycles. The number of aromatic nitrogens is 2. The summed E-state index contributed by atoms with van der Waals surface area (Å²) < 4.78 is 1.98. The van der Waals surface area contributed by atoms with Crippen LogP contribution in [0.4, 0.5) is 0 Å². The molecule has 0 aliphatic carbocycles. The number of hydrogen-bond acceptors (Lipinski definition) is 2. The minimum absolute atomic E-state index is 0.519. The van der Waals surface area contributed by atoms with Crippen LogP contribution in [0.1, 0.15) is 11.1 Å². The van der Waals surface area contributed by atoms with Gasteiger partial charge in [-0.25, -0.2) is 4.98 Å². The molecule has 0 amide bonds. The Morgan fingerprint density at radius 3 is 2.87 bits per heavy atom. The molecule has 2 rings (SSSR count). The summed E-state index contributed by atoms with van der Waals surface area (Å²) >= 11 is 6.14. The van der Waals surface area contributed by atoms with Crippen molar-refractivity contribution < 1.29 is 0 Å². The summed E-state index contributed by atoms with van der Waals surface area (Å²) in [4.78, 5) is 3.98. The maximum Gasteiger partial charge on any atom is 0.0949 e. The first kappa shape index (κ1) is 10.2. The molecule has 1 aromatic heterocycles. The molecule has 2 N–H and O–H groups in total. The number of hydrogen-bond donors (Lipinski definition) is 1. The fourth-order valence-electron chi connectivity index (χ4n) is 1.42. The molecule has 1 heterocycles. The Balaban J connectivity index is 2.22. The summed E-state index contributed by atoms with van der Waals surface area (Å²) in [5.41, 5.74) is 7.66. The molecule has 0 saturated heterocycles. The maximum absolute atomic E-state index is 6.14.